The minimum absolute atomic E-state index is 0.0126. The Morgan fingerprint density at radius 2 is 1.89 bits per heavy atom. The number of Topliss-reactive ketones (excluding diaryl/α,β-unsaturated/α-hetero) is 1. The van der Waals surface area contributed by atoms with Gasteiger partial charge >= 0.3 is 5.97 Å². The van der Waals surface area contributed by atoms with Crippen LogP contribution in [-0.2, 0) is 29.2 Å². The number of carbonyl (C=O) groups is 2. The fourth-order valence-corrected chi connectivity index (χ4v) is 5.69. The van der Waals surface area contributed by atoms with Gasteiger partial charge in [-0.05, 0) is 50.6 Å². The van der Waals surface area contributed by atoms with Crippen LogP contribution in [0.15, 0.2) is 54.6 Å². The lowest BCUT2D eigenvalue weighted by Crippen LogP contribution is -2.52. The third-order valence-electron chi connectivity index (χ3n) is 8.41. The summed E-state index contributed by atoms with van der Waals surface area (Å²) >= 11 is 0. The Hall–Kier alpha value is -4.35. The maximum Gasteiger partial charge on any atom is 0.337 e. The maximum absolute atomic E-state index is 14.5. The first kappa shape index (κ1) is 29.7. The Kier molecular flexibility index (Phi) is 8.58. The van der Waals surface area contributed by atoms with Crippen LogP contribution in [0, 0.1) is 5.82 Å². The van der Waals surface area contributed by atoms with Gasteiger partial charge in [0, 0.05) is 49.5 Å². The first-order chi connectivity index (χ1) is 21.3. The van der Waals surface area contributed by atoms with Crippen LogP contribution in [0.1, 0.15) is 52.4 Å². The van der Waals surface area contributed by atoms with Gasteiger partial charge < -0.3 is 23.7 Å². The molecule has 0 spiro atoms. The molecule has 2 atom stereocenters. The molecule has 1 unspecified atom stereocenters. The van der Waals surface area contributed by atoms with Crippen LogP contribution in [0.5, 0.6) is 5.88 Å². The van der Waals surface area contributed by atoms with E-state index in [0.29, 0.717) is 35.7 Å². The Balaban J connectivity index is 1.13. The van der Waals surface area contributed by atoms with Gasteiger partial charge in [0.1, 0.15) is 24.1 Å². The van der Waals surface area contributed by atoms with Crippen molar-refractivity contribution in [1.82, 2.24) is 19.4 Å². The highest BCUT2D eigenvalue weighted by Gasteiger charge is 2.28. The number of esters is 1. The van der Waals surface area contributed by atoms with Crippen LogP contribution in [0.4, 0.5) is 10.2 Å². The second-order valence-corrected chi connectivity index (χ2v) is 11.4. The van der Waals surface area contributed by atoms with E-state index >= 15 is 0 Å². The molecule has 0 aliphatic carbocycles. The molecule has 2 aliphatic rings. The number of fused-ring (bicyclic) bond motifs is 1. The molecule has 0 amide bonds. The van der Waals surface area contributed by atoms with Crippen molar-refractivity contribution < 1.29 is 28.2 Å². The zero-order valence-corrected chi connectivity index (χ0v) is 25.2. The zero-order valence-electron chi connectivity index (χ0n) is 25.2. The smallest absolute Gasteiger partial charge is 0.337 e. The molecule has 2 aromatic carbocycles. The van der Waals surface area contributed by atoms with Gasteiger partial charge in [-0.1, -0.05) is 18.2 Å². The lowest BCUT2D eigenvalue weighted by atomic mass is 10.1. The topological polar surface area (TPSA) is 99.0 Å². The van der Waals surface area contributed by atoms with E-state index in [1.54, 1.807) is 24.3 Å². The average molecular weight is 602 g/mol. The minimum Gasteiger partial charge on any atom is -0.473 e. The second kappa shape index (κ2) is 12.7. The SMILES string of the molecule is COC(=O)c1ccc2nc(CN3CCN(c4cccc(OCc5ccc(C(C)=O)cc5F)n4)C[C@@H]3C)n(CC3CCO3)c2c1. The van der Waals surface area contributed by atoms with E-state index < -0.39 is 5.82 Å². The standard InChI is InChI=1S/C33H36FN5O5/c1-21-17-38(30-5-4-6-32(36-30)44-20-25-8-7-23(22(2)40)15-27(25)34)13-12-37(21)19-31-35-28-10-9-24(33(41)42-3)16-29(28)39(31)18-26-11-14-43-26/h4-10,15-16,21,26H,11-14,17-20H2,1-3H3/t21-,26?/m0/s1. The van der Waals surface area contributed by atoms with Crippen LogP contribution >= 0.6 is 0 Å². The van der Waals surface area contributed by atoms with Gasteiger partial charge in [-0.15, -0.1) is 0 Å². The summed E-state index contributed by atoms with van der Waals surface area (Å²) in [7, 11) is 1.38. The van der Waals surface area contributed by atoms with Gasteiger partial charge in [0.05, 0.1) is 42.9 Å². The van der Waals surface area contributed by atoms with E-state index in [1.165, 1.54) is 20.1 Å². The highest BCUT2D eigenvalue weighted by Crippen LogP contribution is 2.26. The minimum atomic E-state index is -0.476. The highest BCUT2D eigenvalue weighted by atomic mass is 19.1. The Morgan fingerprint density at radius 1 is 1.07 bits per heavy atom. The molecule has 0 N–H and O–H groups in total. The van der Waals surface area contributed by atoms with E-state index in [1.807, 2.05) is 24.3 Å². The number of imidazole rings is 1. The van der Waals surface area contributed by atoms with Crippen LogP contribution in [0.25, 0.3) is 11.0 Å². The summed E-state index contributed by atoms with van der Waals surface area (Å²) in [4.78, 5) is 38.0. The third kappa shape index (κ3) is 6.29. The first-order valence-corrected chi connectivity index (χ1v) is 14.9. The van der Waals surface area contributed by atoms with Crippen molar-refractivity contribution >= 4 is 28.6 Å². The molecule has 0 saturated carbocycles. The Bertz CT molecular complexity index is 1690. The summed E-state index contributed by atoms with van der Waals surface area (Å²) in [5.41, 5.74) is 2.94. The van der Waals surface area contributed by atoms with E-state index in [0.717, 1.165) is 55.3 Å². The molecule has 230 valence electrons. The molecule has 0 bridgehead atoms. The molecule has 6 rings (SSSR count). The van der Waals surface area contributed by atoms with Crippen molar-refractivity contribution in [1.29, 1.82) is 0 Å². The molecular formula is C33H36FN5O5. The molecule has 10 nitrogen and oxygen atoms in total. The number of benzene rings is 2. The first-order valence-electron chi connectivity index (χ1n) is 14.9. The van der Waals surface area contributed by atoms with Gasteiger partial charge in [0.2, 0.25) is 5.88 Å². The van der Waals surface area contributed by atoms with Crippen LogP contribution < -0.4 is 9.64 Å². The summed E-state index contributed by atoms with van der Waals surface area (Å²) in [6.07, 6.45) is 1.14. The number of hydrogen-bond acceptors (Lipinski definition) is 9. The normalized spacial score (nSPS) is 18.7. The lowest BCUT2D eigenvalue weighted by molar-refractivity contribution is -0.0592. The number of aromatic nitrogens is 3. The Labute approximate surface area is 255 Å². The van der Waals surface area contributed by atoms with Crippen molar-refractivity contribution in [2.24, 2.45) is 0 Å². The lowest BCUT2D eigenvalue weighted by Gasteiger charge is -2.40. The van der Waals surface area contributed by atoms with Crippen molar-refractivity contribution in [3.8, 4) is 5.88 Å². The average Bonchev–Trinajstić information content (AvgIpc) is 3.34. The summed E-state index contributed by atoms with van der Waals surface area (Å²) in [6, 6.07) is 15.7. The molecule has 11 heteroatoms. The number of ether oxygens (including phenoxy) is 3. The molecule has 44 heavy (non-hydrogen) atoms. The van der Waals surface area contributed by atoms with Gasteiger partial charge in [0.15, 0.2) is 5.78 Å². The van der Waals surface area contributed by atoms with Crippen molar-refractivity contribution in [3.05, 3.63) is 82.9 Å². The number of rotatable bonds is 10. The van der Waals surface area contributed by atoms with E-state index in [4.69, 9.17) is 24.2 Å². The fourth-order valence-electron chi connectivity index (χ4n) is 5.69. The molecule has 2 aliphatic heterocycles. The predicted octanol–water partition coefficient (Wildman–Crippen LogP) is 4.64. The van der Waals surface area contributed by atoms with Crippen molar-refractivity contribution in [2.45, 2.75) is 52.1 Å². The monoisotopic (exact) mass is 601 g/mol. The highest BCUT2D eigenvalue weighted by molar-refractivity contribution is 5.94. The number of halogens is 1. The van der Waals surface area contributed by atoms with Crippen LogP contribution in [0.2, 0.25) is 0 Å². The summed E-state index contributed by atoms with van der Waals surface area (Å²) < 4.78 is 33.1. The molecule has 2 fully saturated rings. The number of ketones is 1. The summed E-state index contributed by atoms with van der Waals surface area (Å²) in [5.74, 6) is 1.11. The summed E-state index contributed by atoms with van der Waals surface area (Å²) in [6.45, 7) is 8.06. The quantitative estimate of drug-likeness (QED) is 0.190. The fraction of sp³-hybridized carbons (Fsp3) is 0.394. The number of carbonyl (C=O) groups excluding carboxylic acids is 2. The van der Waals surface area contributed by atoms with Crippen LogP contribution in [0.3, 0.4) is 0 Å². The molecule has 4 heterocycles. The number of pyridine rings is 1. The molecule has 0 radical (unpaired) electrons. The van der Waals surface area contributed by atoms with Gasteiger partial charge in [-0.25, -0.2) is 14.2 Å². The maximum atomic E-state index is 14.5. The largest absolute Gasteiger partial charge is 0.473 e. The number of piperazine rings is 1. The van der Waals surface area contributed by atoms with Gasteiger partial charge in [-0.3, -0.25) is 9.69 Å². The van der Waals surface area contributed by atoms with E-state index in [9.17, 15) is 14.0 Å². The number of methoxy groups -OCH3 is 1. The van der Waals surface area contributed by atoms with Gasteiger partial charge in [0.25, 0.3) is 0 Å². The van der Waals surface area contributed by atoms with E-state index in [-0.39, 0.29) is 30.5 Å². The molecule has 2 saturated heterocycles. The number of anilines is 1. The Morgan fingerprint density at radius 3 is 2.59 bits per heavy atom. The van der Waals surface area contributed by atoms with Crippen LogP contribution in [-0.4, -0.2) is 76.7 Å². The number of nitrogens with zero attached hydrogens (tertiary/aromatic N) is 5. The predicted molar refractivity (Wildman–Crippen MR) is 162 cm³/mol. The molecule has 2 aromatic heterocycles. The van der Waals surface area contributed by atoms with Crippen molar-refractivity contribution in [3.63, 3.8) is 0 Å². The van der Waals surface area contributed by atoms with Crippen molar-refractivity contribution in [2.75, 3.05) is 38.3 Å². The third-order valence-corrected chi connectivity index (χ3v) is 8.41. The second-order valence-electron chi connectivity index (χ2n) is 11.4. The number of hydrogen-bond donors (Lipinski definition) is 0. The molecule has 4 aromatic rings. The van der Waals surface area contributed by atoms with E-state index in [2.05, 4.69) is 21.3 Å². The summed E-state index contributed by atoms with van der Waals surface area (Å²) in [5, 5.41) is 0. The zero-order chi connectivity index (χ0) is 30.8. The van der Waals surface area contributed by atoms with Gasteiger partial charge in [-0.2, -0.15) is 4.98 Å². The molecular weight excluding hydrogens is 565 g/mol.